The van der Waals surface area contributed by atoms with E-state index < -0.39 is 42.6 Å². The van der Waals surface area contributed by atoms with E-state index in [-0.39, 0.29) is 36.4 Å². The van der Waals surface area contributed by atoms with Crippen molar-refractivity contribution < 1.29 is 38.5 Å². The first kappa shape index (κ1) is 27.9. The summed E-state index contributed by atoms with van der Waals surface area (Å²) in [7, 11) is -4.62. The maximum atomic E-state index is 13.3. The second-order valence-corrected chi connectivity index (χ2v) is 9.92. The second kappa shape index (κ2) is 12.1. The van der Waals surface area contributed by atoms with Crippen molar-refractivity contribution in [3.05, 3.63) is 69.4 Å². The third-order valence-electron chi connectivity index (χ3n) is 5.39. The van der Waals surface area contributed by atoms with Crippen LogP contribution in [-0.2, 0) is 22.3 Å². The Kier molecular flexibility index (Phi) is 9.11. The van der Waals surface area contributed by atoms with Gasteiger partial charge in [-0.25, -0.2) is 4.39 Å². The molecule has 0 bridgehead atoms. The summed E-state index contributed by atoms with van der Waals surface area (Å²) in [5.41, 5.74) is -0.0727. The number of aliphatic carboxylic acids is 1. The summed E-state index contributed by atoms with van der Waals surface area (Å²) in [4.78, 5) is 58.8. The molecule has 2 heterocycles. The average molecular weight is 536 g/mol. The first-order valence-electron chi connectivity index (χ1n) is 11.2. The Morgan fingerprint density at radius 2 is 1.81 bits per heavy atom. The van der Waals surface area contributed by atoms with Gasteiger partial charge in [0.1, 0.15) is 23.2 Å². The van der Waals surface area contributed by atoms with E-state index in [0.717, 1.165) is 5.56 Å². The number of carbonyl (C=O) groups excluding carboxylic acids is 1. The van der Waals surface area contributed by atoms with E-state index in [1.807, 2.05) is 5.32 Å². The summed E-state index contributed by atoms with van der Waals surface area (Å²) in [5.74, 6) is -3.23. The Morgan fingerprint density at radius 1 is 1.11 bits per heavy atom. The zero-order valence-corrected chi connectivity index (χ0v) is 20.4. The minimum absolute atomic E-state index is 0.0170. The summed E-state index contributed by atoms with van der Waals surface area (Å²) in [6.45, 7) is 0.592. The number of carboxylic acid groups (broad SMARTS) is 1. The Hall–Kier alpha value is -3.64. The monoisotopic (exact) mass is 536 g/mol. The zero-order valence-electron chi connectivity index (χ0n) is 19.6. The number of aromatic nitrogens is 2. The minimum atomic E-state index is -4.62. The van der Waals surface area contributed by atoms with Crippen LogP contribution >= 0.6 is 7.60 Å². The SMILES string of the molecule is O=C(O)CCCNCCn1c(=O)c(C(=O)NCP(=O)(O)O)c(O)c2ncc(Cc3ccc(F)cc3)cc21. The number of benzene rings is 1. The smallest absolute Gasteiger partial charge is 0.344 e. The van der Waals surface area contributed by atoms with E-state index in [9.17, 15) is 28.4 Å². The van der Waals surface area contributed by atoms with Gasteiger partial charge in [0.05, 0.1) is 5.52 Å². The molecule has 0 aliphatic carbocycles. The van der Waals surface area contributed by atoms with Gasteiger partial charge in [0.15, 0.2) is 5.75 Å². The van der Waals surface area contributed by atoms with Crippen molar-refractivity contribution in [3.63, 3.8) is 0 Å². The van der Waals surface area contributed by atoms with Crippen LogP contribution in [0.3, 0.4) is 0 Å². The molecule has 198 valence electrons. The van der Waals surface area contributed by atoms with Crippen LogP contribution in [0.5, 0.6) is 5.75 Å². The Bertz CT molecular complexity index is 1400. The molecule has 0 saturated carbocycles. The van der Waals surface area contributed by atoms with E-state index in [1.165, 1.54) is 22.9 Å². The van der Waals surface area contributed by atoms with Crippen molar-refractivity contribution in [2.24, 2.45) is 0 Å². The molecule has 0 atom stereocenters. The summed E-state index contributed by atoms with van der Waals surface area (Å²) >= 11 is 0. The van der Waals surface area contributed by atoms with Gasteiger partial charge in [-0.1, -0.05) is 12.1 Å². The molecule has 0 aliphatic heterocycles. The molecule has 2 aromatic heterocycles. The highest BCUT2D eigenvalue weighted by Crippen LogP contribution is 2.32. The number of hydrogen-bond donors (Lipinski definition) is 6. The van der Waals surface area contributed by atoms with Gasteiger partial charge in [-0.3, -0.25) is 23.9 Å². The first-order chi connectivity index (χ1) is 17.5. The number of hydrogen-bond acceptors (Lipinski definition) is 7. The molecule has 0 unspecified atom stereocenters. The largest absolute Gasteiger partial charge is 0.505 e. The van der Waals surface area contributed by atoms with Gasteiger partial charge in [0.25, 0.3) is 11.5 Å². The lowest BCUT2D eigenvalue weighted by Gasteiger charge is -2.16. The number of amides is 1. The van der Waals surface area contributed by atoms with Crippen LogP contribution < -0.4 is 16.2 Å². The fourth-order valence-electron chi connectivity index (χ4n) is 3.65. The van der Waals surface area contributed by atoms with Gasteiger partial charge in [-0.15, -0.1) is 0 Å². The number of nitrogens with one attached hydrogen (secondary N) is 2. The van der Waals surface area contributed by atoms with Crippen LogP contribution in [0, 0.1) is 5.82 Å². The van der Waals surface area contributed by atoms with Crippen LogP contribution in [0.15, 0.2) is 41.3 Å². The summed E-state index contributed by atoms with van der Waals surface area (Å²) in [5, 5.41) is 24.4. The molecule has 6 N–H and O–H groups in total. The number of fused-ring (bicyclic) bond motifs is 1. The van der Waals surface area contributed by atoms with Gasteiger partial charge in [-0.05, 0) is 48.7 Å². The third kappa shape index (κ3) is 7.67. The first-order valence-corrected chi connectivity index (χ1v) is 13.0. The van der Waals surface area contributed by atoms with E-state index in [4.69, 9.17) is 14.9 Å². The zero-order chi connectivity index (χ0) is 27.2. The second-order valence-electron chi connectivity index (χ2n) is 8.27. The molecule has 12 nitrogen and oxygen atoms in total. The number of carboxylic acids is 1. The number of carbonyl (C=O) groups is 2. The normalized spacial score (nSPS) is 11.5. The quantitative estimate of drug-likeness (QED) is 0.145. The van der Waals surface area contributed by atoms with Crippen LogP contribution in [0.2, 0.25) is 0 Å². The summed E-state index contributed by atoms with van der Waals surface area (Å²) in [6, 6.07) is 7.42. The molecule has 0 radical (unpaired) electrons. The Labute approximate surface area is 209 Å². The summed E-state index contributed by atoms with van der Waals surface area (Å²) in [6.07, 6.45) is 1.07. The van der Waals surface area contributed by atoms with Gasteiger partial charge in [0.2, 0.25) is 0 Å². The number of halogens is 1. The molecule has 0 spiro atoms. The average Bonchev–Trinajstić information content (AvgIpc) is 2.82. The van der Waals surface area contributed by atoms with Gasteiger partial charge in [0, 0.05) is 25.7 Å². The molecule has 1 amide bonds. The fourth-order valence-corrected chi connectivity index (χ4v) is 4.00. The lowest BCUT2D eigenvalue weighted by Crippen LogP contribution is -2.35. The van der Waals surface area contributed by atoms with E-state index in [1.54, 1.807) is 18.2 Å². The molecule has 0 fully saturated rings. The highest BCUT2D eigenvalue weighted by molar-refractivity contribution is 7.51. The Balaban J connectivity index is 1.98. The van der Waals surface area contributed by atoms with Gasteiger partial charge < -0.3 is 35.2 Å². The molecule has 3 rings (SSSR count). The van der Waals surface area contributed by atoms with Crippen molar-refractivity contribution >= 4 is 30.5 Å². The number of pyridine rings is 2. The third-order valence-corrected chi connectivity index (χ3v) is 5.96. The number of rotatable bonds is 12. The van der Waals surface area contributed by atoms with Crippen molar-refractivity contribution in [1.82, 2.24) is 20.2 Å². The molecule has 1 aromatic carbocycles. The number of aromatic hydroxyl groups is 1. The maximum absolute atomic E-state index is 13.3. The lowest BCUT2D eigenvalue weighted by atomic mass is 10.1. The van der Waals surface area contributed by atoms with Crippen LogP contribution in [0.1, 0.15) is 34.3 Å². The van der Waals surface area contributed by atoms with Crippen molar-refractivity contribution in [2.45, 2.75) is 25.8 Å². The van der Waals surface area contributed by atoms with Gasteiger partial charge in [-0.2, -0.15) is 0 Å². The molecule has 14 heteroatoms. The van der Waals surface area contributed by atoms with Gasteiger partial charge >= 0.3 is 13.6 Å². The topological polar surface area (TPSA) is 191 Å². The standard InChI is InChI=1S/C23H26FN4O8P/c24-16-5-3-14(4-6-16)10-15-11-17-20(26-12-15)21(31)19(22(32)27-13-37(34,35)36)23(33)28(17)9-8-25-7-1-2-18(29)30/h3-6,11-12,25,31H,1-2,7-10,13H2,(H,27,32)(H,29,30)(H2,34,35,36). The summed E-state index contributed by atoms with van der Waals surface area (Å²) < 4.78 is 25.6. The fraction of sp³-hybridized carbons (Fsp3) is 0.304. The van der Waals surface area contributed by atoms with E-state index in [2.05, 4.69) is 10.3 Å². The predicted molar refractivity (Wildman–Crippen MR) is 131 cm³/mol. The van der Waals surface area contributed by atoms with Crippen LogP contribution in [-0.4, -0.2) is 60.8 Å². The number of nitrogens with zero attached hydrogens (tertiary/aromatic N) is 2. The van der Waals surface area contributed by atoms with Crippen molar-refractivity contribution in [2.75, 3.05) is 19.4 Å². The molecular weight excluding hydrogens is 510 g/mol. The molecular formula is C23H26FN4O8P. The van der Waals surface area contributed by atoms with Crippen molar-refractivity contribution in [1.29, 1.82) is 0 Å². The van der Waals surface area contributed by atoms with Crippen molar-refractivity contribution in [3.8, 4) is 5.75 Å². The lowest BCUT2D eigenvalue weighted by molar-refractivity contribution is -0.137. The highest BCUT2D eigenvalue weighted by atomic mass is 31.2. The highest BCUT2D eigenvalue weighted by Gasteiger charge is 2.25. The molecule has 0 saturated heterocycles. The maximum Gasteiger partial charge on any atom is 0.344 e. The molecule has 37 heavy (non-hydrogen) atoms. The molecule has 3 aromatic rings. The van der Waals surface area contributed by atoms with E-state index in [0.29, 0.717) is 24.9 Å². The predicted octanol–water partition coefficient (Wildman–Crippen LogP) is 1.15. The minimum Gasteiger partial charge on any atom is -0.505 e. The Morgan fingerprint density at radius 3 is 2.46 bits per heavy atom. The van der Waals surface area contributed by atoms with Crippen LogP contribution in [0.25, 0.3) is 11.0 Å². The molecule has 0 aliphatic rings. The van der Waals surface area contributed by atoms with Crippen LogP contribution in [0.4, 0.5) is 4.39 Å². The van der Waals surface area contributed by atoms with E-state index >= 15 is 0 Å².